The van der Waals surface area contributed by atoms with Gasteiger partial charge >= 0.3 is 0 Å². The average Bonchev–Trinajstić information content (AvgIpc) is 3.03. The smallest absolute Gasteiger partial charge is 0.224 e. The second-order valence-corrected chi connectivity index (χ2v) is 4.56. The van der Waals surface area contributed by atoms with Crippen LogP contribution in [0.4, 0.5) is 17.1 Å². The first-order valence-electron chi connectivity index (χ1n) is 5.71. The van der Waals surface area contributed by atoms with Crippen molar-refractivity contribution < 1.29 is 4.79 Å². The zero-order valence-corrected chi connectivity index (χ0v) is 9.05. The maximum absolute atomic E-state index is 11.2. The van der Waals surface area contributed by atoms with E-state index in [1.165, 1.54) is 18.4 Å². The third-order valence-electron chi connectivity index (χ3n) is 3.11. The van der Waals surface area contributed by atoms with Crippen LogP contribution >= 0.6 is 0 Å². The number of carbonyl (C=O) groups excluding carboxylic acids is 1. The molecule has 1 aromatic carbocycles. The number of rotatable bonds is 2. The fourth-order valence-electron chi connectivity index (χ4n) is 2.02. The van der Waals surface area contributed by atoms with E-state index in [1.54, 1.807) is 0 Å². The summed E-state index contributed by atoms with van der Waals surface area (Å²) in [5.74, 6) is 0.0785. The molecule has 0 spiro atoms. The largest absolute Gasteiger partial charge is 0.397 e. The number of nitrogens with one attached hydrogen (secondary N) is 2. The highest BCUT2D eigenvalue weighted by Gasteiger charge is 2.23. The Kier molecular flexibility index (Phi) is 2.02. The Balaban J connectivity index is 1.93. The number of hydrogen-bond acceptors (Lipinski definition) is 3. The SMILES string of the molecule is Nc1cc2c(cc1NC1CC1)CCC(=O)N2. The molecule has 1 heterocycles. The number of fused-ring (bicyclic) bond motifs is 1. The number of anilines is 3. The van der Waals surface area contributed by atoms with E-state index in [4.69, 9.17) is 5.73 Å². The maximum Gasteiger partial charge on any atom is 0.224 e. The number of carbonyl (C=O) groups is 1. The van der Waals surface area contributed by atoms with E-state index in [0.717, 1.165) is 17.8 Å². The van der Waals surface area contributed by atoms with Gasteiger partial charge in [-0.3, -0.25) is 4.79 Å². The Labute approximate surface area is 94.2 Å². The van der Waals surface area contributed by atoms with Crippen LogP contribution in [0.3, 0.4) is 0 Å². The van der Waals surface area contributed by atoms with Crippen molar-refractivity contribution in [2.45, 2.75) is 31.7 Å². The molecule has 0 bridgehead atoms. The van der Waals surface area contributed by atoms with Crippen molar-refractivity contribution in [3.63, 3.8) is 0 Å². The minimum absolute atomic E-state index is 0.0785. The van der Waals surface area contributed by atoms with Crippen LogP contribution < -0.4 is 16.4 Å². The summed E-state index contributed by atoms with van der Waals surface area (Å²) in [4.78, 5) is 11.2. The molecular formula is C12H15N3O. The molecule has 16 heavy (non-hydrogen) atoms. The van der Waals surface area contributed by atoms with Crippen LogP contribution in [0.15, 0.2) is 12.1 Å². The second-order valence-electron chi connectivity index (χ2n) is 4.56. The van der Waals surface area contributed by atoms with Gasteiger partial charge in [-0.1, -0.05) is 0 Å². The predicted molar refractivity (Wildman–Crippen MR) is 64.4 cm³/mol. The monoisotopic (exact) mass is 217 g/mol. The van der Waals surface area contributed by atoms with Gasteiger partial charge in [-0.05, 0) is 37.0 Å². The van der Waals surface area contributed by atoms with E-state index < -0.39 is 0 Å². The molecular weight excluding hydrogens is 202 g/mol. The van der Waals surface area contributed by atoms with Gasteiger partial charge in [-0.25, -0.2) is 0 Å². The summed E-state index contributed by atoms with van der Waals surface area (Å²) >= 11 is 0. The van der Waals surface area contributed by atoms with Gasteiger partial charge in [-0.2, -0.15) is 0 Å². The lowest BCUT2D eigenvalue weighted by Gasteiger charge is -2.19. The molecule has 1 aromatic rings. The summed E-state index contributed by atoms with van der Waals surface area (Å²) in [5.41, 5.74) is 9.73. The minimum Gasteiger partial charge on any atom is -0.397 e. The third-order valence-corrected chi connectivity index (χ3v) is 3.11. The van der Waals surface area contributed by atoms with Crippen molar-refractivity contribution in [2.75, 3.05) is 16.4 Å². The first-order valence-corrected chi connectivity index (χ1v) is 5.71. The molecule has 84 valence electrons. The van der Waals surface area contributed by atoms with Crippen molar-refractivity contribution in [2.24, 2.45) is 0 Å². The van der Waals surface area contributed by atoms with Crippen molar-refractivity contribution >= 4 is 23.0 Å². The molecule has 0 saturated heterocycles. The fraction of sp³-hybridized carbons (Fsp3) is 0.417. The molecule has 3 rings (SSSR count). The minimum atomic E-state index is 0.0785. The number of benzene rings is 1. The van der Waals surface area contributed by atoms with E-state index in [1.807, 2.05) is 6.07 Å². The van der Waals surface area contributed by atoms with E-state index >= 15 is 0 Å². The average molecular weight is 217 g/mol. The highest BCUT2D eigenvalue weighted by molar-refractivity contribution is 5.95. The van der Waals surface area contributed by atoms with Gasteiger partial charge in [0.1, 0.15) is 0 Å². The quantitative estimate of drug-likeness (QED) is 0.661. The zero-order valence-electron chi connectivity index (χ0n) is 9.05. The van der Waals surface area contributed by atoms with E-state index in [-0.39, 0.29) is 5.91 Å². The van der Waals surface area contributed by atoms with Crippen molar-refractivity contribution in [1.29, 1.82) is 0 Å². The number of aryl methyl sites for hydroxylation is 1. The standard InChI is InChI=1S/C12H15N3O/c13-9-6-10-7(1-4-12(16)15-10)5-11(9)14-8-2-3-8/h5-6,8,14H,1-4,13H2,(H,15,16). The zero-order chi connectivity index (χ0) is 11.1. The van der Waals surface area contributed by atoms with Crippen LogP contribution in [-0.2, 0) is 11.2 Å². The summed E-state index contributed by atoms with van der Waals surface area (Å²) in [6, 6.07) is 4.53. The highest BCUT2D eigenvalue weighted by atomic mass is 16.1. The van der Waals surface area contributed by atoms with Crippen molar-refractivity contribution in [1.82, 2.24) is 0 Å². The summed E-state index contributed by atoms with van der Waals surface area (Å²) < 4.78 is 0. The lowest BCUT2D eigenvalue weighted by molar-refractivity contribution is -0.116. The Morgan fingerprint density at radius 3 is 2.88 bits per heavy atom. The van der Waals surface area contributed by atoms with Gasteiger partial charge in [0.2, 0.25) is 5.91 Å². The van der Waals surface area contributed by atoms with Gasteiger partial charge in [-0.15, -0.1) is 0 Å². The molecule has 0 unspecified atom stereocenters. The topological polar surface area (TPSA) is 67.1 Å². The molecule has 1 aliphatic heterocycles. The maximum atomic E-state index is 11.2. The molecule has 4 N–H and O–H groups in total. The molecule has 1 aliphatic carbocycles. The Hall–Kier alpha value is -1.71. The number of amides is 1. The summed E-state index contributed by atoms with van der Waals surface area (Å²) in [7, 11) is 0. The molecule has 1 saturated carbocycles. The lowest BCUT2D eigenvalue weighted by atomic mass is 10.0. The van der Waals surface area contributed by atoms with Crippen LogP contribution in [0, 0.1) is 0 Å². The van der Waals surface area contributed by atoms with Gasteiger partial charge in [0.15, 0.2) is 0 Å². The molecule has 2 aliphatic rings. The lowest BCUT2D eigenvalue weighted by Crippen LogP contribution is -2.19. The third kappa shape index (κ3) is 1.71. The van der Waals surface area contributed by atoms with Gasteiger partial charge in [0.05, 0.1) is 11.4 Å². The van der Waals surface area contributed by atoms with E-state index in [9.17, 15) is 4.79 Å². The number of nitrogens with two attached hydrogens (primary N) is 1. The molecule has 1 fully saturated rings. The molecule has 4 nitrogen and oxygen atoms in total. The predicted octanol–water partition coefficient (Wildman–Crippen LogP) is 1.73. The van der Waals surface area contributed by atoms with Crippen LogP contribution in [0.25, 0.3) is 0 Å². The first-order chi connectivity index (χ1) is 7.72. The van der Waals surface area contributed by atoms with E-state index in [2.05, 4.69) is 16.7 Å². The van der Waals surface area contributed by atoms with Crippen molar-refractivity contribution in [3.8, 4) is 0 Å². The summed E-state index contributed by atoms with van der Waals surface area (Å²) in [5, 5.41) is 6.26. The van der Waals surface area contributed by atoms with Crippen LogP contribution in [0.2, 0.25) is 0 Å². The Morgan fingerprint density at radius 2 is 2.12 bits per heavy atom. The van der Waals surface area contributed by atoms with Gasteiger partial charge in [0.25, 0.3) is 0 Å². The Morgan fingerprint density at radius 1 is 1.31 bits per heavy atom. The normalized spacial score (nSPS) is 18.9. The van der Waals surface area contributed by atoms with Crippen LogP contribution in [0.1, 0.15) is 24.8 Å². The molecule has 1 amide bonds. The number of nitrogen functional groups attached to an aromatic ring is 1. The Bertz CT molecular complexity index is 452. The van der Waals surface area contributed by atoms with Gasteiger partial charge in [0, 0.05) is 18.2 Å². The number of hydrogen-bond donors (Lipinski definition) is 3. The molecule has 0 atom stereocenters. The van der Waals surface area contributed by atoms with E-state index in [0.29, 0.717) is 18.2 Å². The highest BCUT2D eigenvalue weighted by Crippen LogP contribution is 2.34. The first kappa shape index (κ1) is 9.51. The summed E-state index contributed by atoms with van der Waals surface area (Å²) in [6.45, 7) is 0. The molecule has 0 radical (unpaired) electrons. The molecule has 4 heteroatoms. The molecule has 0 aromatic heterocycles. The summed E-state index contributed by atoms with van der Waals surface area (Å²) in [6.07, 6.45) is 3.83. The van der Waals surface area contributed by atoms with Crippen LogP contribution in [0.5, 0.6) is 0 Å². The fourth-order valence-corrected chi connectivity index (χ4v) is 2.02. The van der Waals surface area contributed by atoms with Crippen LogP contribution in [-0.4, -0.2) is 11.9 Å². The van der Waals surface area contributed by atoms with Gasteiger partial charge < -0.3 is 16.4 Å². The van der Waals surface area contributed by atoms with Crippen molar-refractivity contribution in [3.05, 3.63) is 17.7 Å². The second kappa shape index (κ2) is 3.40.